The molecule has 1 heterocycles. The first kappa shape index (κ1) is 21.7. The normalized spacial score (nSPS) is 16.8. The van der Waals surface area contributed by atoms with E-state index in [4.69, 9.17) is 4.74 Å². The van der Waals surface area contributed by atoms with Gasteiger partial charge in [-0.25, -0.2) is 0 Å². The van der Waals surface area contributed by atoms with Gasteiger partial charge in [-0.05, 0) is 49.7 Å². The lowest BCUT2D eigenvalue weighted by molar-refractivity contribution is -0.137. The second kappa shape index (κ2) is 8.77. The highest BCUT2D eigenvalue weighted by Gasteiger charge is 2.36. The van der Waals surface area contributed by atoms with Crippen LogP contribution in [0.2, 0.25) is 0 Å². The molecule has 0 spiro atoms. The van der Waals surface area contributed by atoms with Crippen LogP contribution in [-0.4, -0.2) is 24.5 Å². The molecule has 1 N–H and O–H groups in total. The summed E-state index contributed by atoms with van der Waals surface area (Å²) in [5, 5.41) is 2.79. The van der Waals surface area contributed by atoms with E-state index in [1.54, 1.807) is 0 Å². The van der Waals surface area contributed by atoms with Crippen LogP contribution in [0.5, 0.6) is 5.75 Å². The maximum Gasteiger partial charge on any atom is 0.416 e. The number of rotatable bonds is 6. The number of halogens is 3. The first-order valence-electron chi connectivity index (χ1n) is 9.64. The van der Waals surface area contributed by atoms with Gasteiger partial charge in [0, 0.05) is 25.2 Å². The predicted molar refractivity (Wildman–Crippen MR) is 106 cm³/mol. The number of hydrogen-bond donors (Lipinski definition) is 1. The molecule has 0 bridgehead atoms. The zero-order chi connectivity index (χ0) is 21.9. The van der Waals surface area contributed by atoms with E-state index >= 15 is 0 Å². The van der Waals surface area contributed by atoms with Crippen molar-refractivity contribution in [2.24, 2.45) is 5.92 Å². The van der Waals surface area contributed by atoms with Gasteiger partial charge in [-0.2, -0.15) is 13.2 Å². The zero-order valence-corrected chi connectivity index (χ0v) is 16.7. The maximum absolute atomic E-state index is 12.9. The fraction of sp³-hybridized carbons (Fsp3) is 0.364. The van der Waals surface area contributed by atoms with E-state index in [-0.39, 0.29) is 43.1 Å². The van der Waals surface area contributed by atoms with Crippen molar-refractivity contribution in [2.45, 2.75) is 39.1 Å². The van der Waals surface area contributed by atoms with E-state index in [0.717, 1.165) is 23.4 Å². The Morgan fingerprint density at radius 3 is 2.53 bits per heavy atom. The molecular formula is C22H23F3N2O3. The van der Waals surface area contributed by atoms with E-state index in [0.29, 0.717) is 0 Å². The van der Waals surface area contributed by atoms with E-state index < -0.39 is 17.7 Å². The maximum atomic E-state index is 12.9. The first-order valence-corrected chi connectivity index (χ1v) is 9.64. The van der Waals surface area contributed by atoms with Crippen molar-refractivity contribution in [1.29, 1.82) is 0 Å². The highest BCUT2D eigenvalue weighted by atomic mass is 19.4. The molecule has 0 unspecified atom stereocenters. The van der Waals surface area contributed by atoms with Crippen LogP contribution in [-0.2, 0) is 22.3 Å². The summed E-state index contributed by atoms with van der Waals surface area (Å²) in [6.07, 6.45) is -4.47. The molecule has 5 nitrogen and oxygen atoms in total. The second-order valence-corrected chi connectivity index (χ2v) is 7.48. The summed E-state index contributed by atoms with van der Waals surface area (Å²) in [4.78, 5) is 26.0. The van der Waals surface area contributed by atoms with Crippen LogP contribution in [0, 0.1) is 5.92 Å². The van der Waals surface area contributed by atoms with Gasteiger partial charge in [0.15, 0.2) is 0 Å². The molecule has 0 aromatic heterocycles. The molecule has 160 valence electrons. The van der Waals surface area contributed by atoms with E-state index in [1.807, 2.05) is 38.1 Å². The Bertz CT molecular complexity index is 911. The SMILES string of the molecule is CC(C)Oc1ccc(CNC(=O)[C@H]2CC(=O)N(c3cccc(C(F)(F)F)c3)C2)cc1. The largest absolute Gasteiger partial charge is 0.491 e. The van der Waals surface area contributed by atoms with Gasteiger partial charge in [-0.1, -0.05) is 18.2 Å². The lowest BCUT2D eigenvalue weighted by atomic mass is 10.1. The van der Waals surface area contributed by atoms with Gasteiger partial charge in [0.2, 0.25) is 11.8 Å². The molecular weight excluding hydrogens is 397 g/mol. The van der Waals surface area contributed by atoms with E-state index in [9.17, 15) is 22.8 Å². The summed E-state index contributed by atoms with van der Waals surface area (Å²) in [5.74, 6) is -0.557. The number of ether oxygens (including phenoxy) is 1. The molecule has 8 heteroatoms. The summed E-state index contributed by atoms with van der Waals surface area (Å²) in [6.45, 7) is 4.20. The number of hydrogen-bond acceptors (Lipinski definition) is 3. The van der Waals surface area contributed by atoms with E-state index in [1.165, 1.54) is 17.0 Å². The summed E-state index contributed by atoms with van der Waals surface area (Å²) in [5.41, 5.74) is 0.190. The van der Waals surface area contributed by atoms with Crippen LogP contribution < -0.4 is 15.0 Å². The fourth-order valence-corrected chi connectivity index (χ4v) is 3.27. The number of alkyl halides is 3. The van der Waals surface area contributed by atoms with Crippen molar-refractivity contribution in [3.8, 4) is 5.75 Å². The fourth-order valence-electron chi connectivity index (χ4n) is 3.27. The third kappa shape index (κ3) is 5.31. The van der Waals surface area contributed by atoms with Crippen molar-refractivity contribution in [3.63, 3.8) is 0 Å². The van der Waals surface area contributed by atoms with Gasteiger partial charge in [0.25, 0.3) is 0 Å². The number of carbonyl (C=O) groups is 2. The van der Waals surface area contributed by atoms with Crippen molar-refractivity contribution in [3.05, 3.63) is 59.7 Å². The Hall–Kier alpha value is -3.03. The van der Waals surface area contributed by atoms with Crippen molar-refractivity contribution in [2.75, 3.05) is 11.4 Å². The summed E-state index contributed by atoms with van der Waals surface area (Å²) in [6, 6.07) is 11.9. The average Bonchev–Trinajstić information content (AvgIpc) is 3.08. The van der Waals surface area contributed by atoms with Crippen molar-refractivity contribution < 1.29 is 27.5 Å². The zero-order valence-electron chi connectivity index (χ0n) is 16.7. The van der Waals surface area contributed by atoms with Gasteiger partial charge in [0.1, 0.15) is 5.75 Å². The van der Waals surface area contributed by atoms with Crippen molar-refractivity contribution in [1.82, 2.24) is 5.32 Å². The molecule has 2 aromatic rings. The molecule has 30 heavy (non-hydrogen) atoms. The van der Waals surface area contributed by atoms with Crippen LogP contribution in [0.3, 0.4) is 0 Å². The number of nitrogens with one attached hydrogen (secondary N) is 1. The minimum absolute atomic E-state index is 0.0384. The van der Waals surface area contributed by atoms with Crippen LogP contribution >= 0.6 is 0 Å². The standard InChI is InChI=1S/C22H23F3N2O3/c1-14(2)30-19-8-6-15(7-9-19)12-26-21(29)16-10-20(28)27(13-16)18-5-3-4-17(11-18)22(23,24)25/h3-9,11,14,16H,10,12-13H2,1-2H3,(H,26,29)/t16-/m0/s1. The first-order chi connectivity index (χ1) is 14.1. The molecule has 1 saturated heterocycles. The smallest absolute Gasteiger partial charge is 0.416 e. The summed E-state index contributed by atoms with van der Waals surface area (Å²) < 4.78 is 44.4. The lowest BCUT2D eigenvalue weighted by Gasteiger charge is -2.18. The quantitative estimate of drug-likeness (QED) is 0.764. The van der Waals surface area contributed by atoms with Gasteiger partial charge >= 0.3 is 6.18 Å². The number of amides is 2. The lowest BCUT2D eigenvalue weighted by Crippen LogP contribution is -2.32. The Labute approximate surface area is 172 Å². The number of anilines is 1. The number of nitrogens with zero attached hydrogens (tertiary/aromatic N) is 1. The van der Waals surface area contributed by atoms with Gasteiger partial charge in [0.05, 0.1) is 17.6 Å². The molecule has 0 saturated carbocycles. The van der Waals surface area contributed by atoms with Crippen molar-refractivity contribution >= 4 is 17.5 Å². The monoisotopic (exact) mass is 420 g/mol. The minimum Gasteiger partial charge on any atom is -0.491 e. The molecule has 1 fully saturated rings. The Morgan fingerprint density at radius 2 is 1.90 bits per heavy atom. The highest BCUT2D eigenvalue weighted by Crippen LogP contribution is 2.33. The number of carbonyl (C=O) groups excluding carboxylic acids is 2. The molecule has 3 rings (SSSR count). The molecule has 1 atom stereocenters. The minimum atomic E-state index is -4.49. The van der Waals surface area contributed by atoms with Crippen LogP contribution in [0.25, 0.3) is 0 Å². The third-order valence-corrected chi connectivity index (χ3v) is 4.74. The van der Waals surface area contributed by atoms with Gasteiger partial charge in [-0.15, -0.1) is 0 Å². The highest BCUT2D eigenvalue weighted by molar-refractivity contribution is 6.00. The van der Waals surface area contributed by atoms with Gasteiger partial charge in [-0.3, -0.25) is 9.59 Å². The average molecular weight is 420 g/mol. The molecule has 2 aromatic carbocycles. The van der Waals surface area contributed by atoms with E-state index in [2.05, 4.69) is 5.32 Å². The molecule has 1 aliphatic rings. The Balaban J connectivity index is 1.59. The topological polar surface area (TPSA) is 58.6 Å². The molecule has 0 radical (unpaired) electrons. The van der Waals surface area contributed by atoms with Crippen LogP contribution in [0.1, 0.15) is 31.4 Å². The molecule has 2 amide bonds. The predicted octanol–water partition coefficient (Wildman–Crippen LogP) is 4.16. The van der Waals surface area contributed by atoms with Crippen LogP contribution in [0.4, 0.5) is 18.9 Å². The third-order valence-electron chi connectivity index (χ3n) is 4.74. The second-order valence-electron chi connectivity index (χ2n) is 7.48. The summed E-state index contributed by atoms with van der Waals surface area (Å²) in [7, 11) is 0. The Morgan fingerprint density at radius 1 is 1.20 bits per heavy atom. The molecule has 1 aliphatic heterocycles. The summed E-state index contributed by atoms with van der Waals surface area (Å²) >= 11 is 0. The van der Waals surface area contributed by atoms with Gasteiger partial charge < -0.3 is 15.0 Å². The Kier molecular flexibility index (Phi) is 6.34. The van der Waals surface area contributed by atoms with Crippen LogP contribution in [0.15, 0.2) is 48.5 Å². The molecule has 0 aliphatic carbocycles. The number of benzene rings is 2.